The number of aliphatic hydroxyl groups excluding tert-OH is 1. The normalized spacial score (nSPS) is 12.2. The number of methoxy groups -OCH3 is 3. The molecule has 5 heteroatoms. The standard InChI is InChI=1S/C14H18O5/c1-17-11-5-6-12(13(8-11)18-2)10(9-15)4-7-14(16)19-3/h4-8,10,15H,9H2,1-3H3/b7-4+/t10-/m1/s1. The molecule has 0 bridgehead atoms. The van der Waals surface area contributed by atoms with E-state index in [0.29, 0.717) is 11.5 Å². The van der Waals surface area contributed by atoms with Crippen LogP contribution in [0.3, 0.4) is 0 Å². The van der Waals surface area contributed by atoms with Gasteiger partial charge >= 0.3 is 5.97 Å². The summed E-state index contributed by atoms with van der Waals surface area (Å²) in [6.07, 6.45) is 2.86. The molecule has 0 saturated carbocycles. The number of esters is 1. The van der Waals surface area contributed by atoms with Crippen molar-refractivity contribution in [2.24, 2.45) is 0 Å². The van der Waals surface area contributed by atoms with Gasteiger partial charge in [0.15, 0.2) is 0 Å². The Morgan fingerprint density at radius 1 is 1.32 bits per heavy atom. The molecule has 0 fully saturated rings. The van der Waals surface area contributed by atoms with Gasteiger partial charge in [-0.1, -0.05) is 12.1 Å². The topological polar surface area (TPSA) is 65.0 Å². The third-order valence-electron chi connectivity index (χ3n) is 2.70. The fourth-order valence-electron chi connectivity index (χ4n) is 1.65. The predicted molar refractivity (Wildman–Crippen MR) is 70.5 cm³/mol. The summed E-state index contributed by atoms with van der Waals surface area (Å²) >= 11 is 0. The molecule has 5 nitrogen and oxygen atoms in total. The maximum Gasteiger partial charge on any atom is 0.330 e. The Morgan fingerprint density at radius 3 is 2.58 bits per heavy atom. The molecule has 0 amide bonds. The molecule has 1 aromatic rings. The zero-order valence-electron chi connectivity index (χ0n) is 11.3. The molecular formula is C14H18O5. The van der Waals surface area contributed by atoms with Crippen molar-refractivity contribution in [2.75, 3.05) is 27.9 Å². The van der Waals surface area contributed by atoms with Crippen LogP contribution in [-0.2, 0) is 9.53 Å². The third-order valence-corrected chi connectivity index (χ3v) is 2.70. The van der Waals surface area contributed by atoms with E-state index in [-0.39, 0.29) is 12.5 Å². The molecule has 0 aliphatic heterocycles. The van der Waals surface area contributed by atoms with E-state index in [1.807, 2.05) is 0 Å². The Bertz CT molecular complexity index is 453. The second kappa shape index (κ2) is 7.43. The van der Waals surface area contributed by atoms with Crippen LogP contribution in [0.4, 0.5) is 0 Å². The van der Waals surface area contributed by atoms with Gasteiger partial charge in [0, 0.05) is 23.6 Å². The summed E-state index contributed by atoms with van der Waals surface area (Å²) in [5.41, 5.74) is 0.769. The Hall–Kier alpha value is -2.01. The Morgan fingerprint density at radius 2 is 2.05 bits per heavy atom. The van der Waals surface area contributed by atoms with E-state index in [4.69, 9.17) is 9.47 Å². The molecule has 0 heterocycles. The van der Waals surface area contributed by atoms with Gasteiger partial charge in [-0.05, 0) is 6.07 Å². The number of hydrogen-bond acceptors (Lipinski definition) is 5. The number of rotatable bonds is 6. The number of hydrogen-bond donors (Lipinski definition) is 1. The van der Waals surface area contributed by atoms with Crippen molar-refractivity contribution in [1.82, 2.24) is 0 Å². The number of aliphatic hydroxyl groups is 1. The van der Waals surface area contributed by atoms with Gasteiger partial charge in [0.2, 0.25) is 0 Å². The molecule has 1 aromatic carbocycles. The summed E-state index contributed by atoms with van der Waals surface area (Å²) in [6.45, 7) is -0.143. The lowest BCUT2D eigenvalue weighted by Crippen LogP contribution is -2.05. The molecule has 0 aliphatic carbocycles. The summed E-state index contributed by atoms with van der Waals surface area (Å²) in [4.78, 5) is 11.1. The van der Waals surface area contributed by atoms with Crippen molar-refractivity contribution in [3.63, 3.8) is 0 Å². The number of carbonyl (C=O) groups is 1. The van der Waals surface area contributed by atoms with Gasteiger partial charge in [-0.15, -0.1) is 0 Å². The highest BCUT2D eigenvalue weighted by Crippen LogP contribution is 2.31. The molecule has 1 atom stereocenters. The van der Waals surface area contributed by atoms with E-state index in [0.717, 1.165) is 5.56 Å². The van der Waals surface area contributed by atoms with E-state index < -0.39 is 5.97 Å². The minimum absolute atomic E-state index is 0.143. The van der Waals surface area contributed by atoms with Crippen LogP contribution in [0.2, 0.25) is 0 Å². The molecule has 1 N–H and O–H groups in total. The second-order valence-corrected chi connectivity index (χ2v) is 3.78. The van der Waals surface area contributed by atoms with Crippen molar-refractivity contribution in [3.05, 3.63) is 35.9 Å². The van der Waals surface area contributed by atoms with Gasteiger partial charge in [-0.2, -0.15) is 0 Å². The van der Waals surface area contributed by atoms with E-state index in [1.165, 1.54) is 20.3 Å². The Kier molecular flexibility index (Phi) is 5.89. The minimum Gasteiger partial charge on any atom is -0.497 e. The summed E-state index contributed by atoms with van der Waals surface area (Å²) in [6, 6.07) is 5.29. The van der Waals surface area contributed by atoms with Gasteiger partial charge in [-0.3, -0.25) is 0 Å². The van der Waals surface area contributed by atoms with E-state index in [9.17, 15) is 9.90 Å². The first-order valence-electron chi connectivity index (χ1n) is 5.75. The lowest BCUT2D eigenvalue weighted by Gasteiger charge is -2.15. The molecule has 0 spiro atoms. The first-order valence-corrected chi connectivity index (χ1v) is 5.75. The summed E-state index contributed by atoms with van der Waals surface area (Å²) in [7, 11) is 4.40. The van der Waals surface area contributed by atoms with Crippen LogP contribution >= 0.6 is 0 Å². The largest absolute Gasteiger partial charge is 0.497 e. The van der Waals surface area contributed by atoms with Gasteiger partial charge in [0.1, 0.15) is 11.5 Å². The molecular weight excluding hydrogens is 248 g/mol. The molecule has 0 unspecified atom stereocenters. The van der Waals surface area contributed by atoms with Crippen LogP contribution in [0, 0.1) is 0 Å². The van der Waals surface area contributed by atoms with Crippen molar-refractivity contribution in [3.8, 4) is 11.5 Å². The number of carbonyl (C=O) groups excluding carboxylic acids is 1. The predicted octanol–water partition coefficient (Wildman–Crippen LogP) is 1.51. The lowest BCUT2D eigenvalue weighted by molar-refractivity contribution is -0.134. The SMILES string of the molecule is COC(=O)/C=C/[C@H](CO)c1ccc(OC)cc1OC. The van der Waals surface area contributed by atoms with Crippen LogP contribution in [0.25, 0.3) is 0 Å². The van der Waals surface area contributed by atoms with Crippen LogP contribution in [0.5, 0.6) is 11.5 Å². The Labute approximate surface area is 112 Å². The molecule has 104 valence electrons. The molecule has 0 aromatic heterocycles. The third kappa shape index (κ3) is 3.99. The van der Waals surface area contributed by atoms with Gasteiger partial charge in [-0.25, -0.2) is 4.79 Å². The fourth-order valence-corrected chi connectivity index (χ4v) is 1.65. The summed E-state index contributed by atoms with van der Waals surface area (Å²) in [5.74, 6) is 0.438. The summed E-state index contributed by atoms with van der Waals surface area (Å²) < 4.78 is 14.9. The average Bonchev–Trinajstić information content (AvgIpc) is 2.47. The minimum atomic E-state index is -0.467. The van der Waals surface area contributed by atoms with E-state index in [2.05, 4.69) is 4.74 Å². The van der Waals surface area contributed by atoms with Gasteiger partial charge < -0.3 is 19.3 Å². The van der Waals surface area contributed by atoms with Crippen LogP contribution < -0.4 is 9.47 Å². The van der Waals surface area contributed by atoms with Crippen LogP contribution in [0.15, 0.2) is 30.4 Å². The quantitative estimate of drug-likeness (QED) is 0.624. The van der Waals surface area contributed by atoms with E-state index >= 15 is 0 Å². The first kappa shape index (κ1) is 15.0. The van der Waals surface area contributed by atoms with Crippen LogP contribution in [0.1, 0.15) is 11.5 Å². The maximum atomic E-state index is 11.1. The second-order valence-electron chi connectivity index (χ2n) is 3.78. The van der Waals surface area contributed by atoms with Gasteiger partial charge in [0.05, 0.1) is 27.9 Å². The first-order chi connectivity index (χ1) is 9.15. The zero-order valence-corrected chi connectivity index (χ0v) is 11.3. The monoisotopic (exact) mass is 266 g/mol. The highest BCUT2D eigenvalue weighted by molar-refractivity contribution is 5.81. The van der Waals surface area contributed by atoms with Crippen molar-refractivity contribution < 1.29 is 24.1 Å². The molecule has 1 rings (SSSR count). The molecule has 0 saturated heterocycles. The van der Waals surface area contributed by atoms with Crippen molar-refractivity contribution in [1.29, 1.82) is 0 Å². The number of ether oxygens (including phenoxy) is 3. The highest BCUT2D eigenvalue weighted by Gasteiger charge is 2.14. The summed E-state index contributed by atoms with van der Waals surface area (Å²) in [5, 5.41) is 9.42. The van der Waals surface area contributed by atoms with Gasteiger partial charge in [0.25, 0.3) is 0 Å². The average molecular weight is 266 g/mol. The number of benzene rings is 1. The lowest BCUT2D eigenvalue weighted by atomic mass is 9.98. The fraction of sp³-hybridized carbons (Fsp3) is 0.357. The highest BCUT2D eigenvalue weighted by atomic mass is 16.5. The molecule has 0 aliphatic rings. The smallest absolute Gasteiger partial charge is 0.330 e. The molecule has 19 heavy (non-hydrogen) atoms. The van der Waals surface area contributed by atoms with Crippen LogP contribution in [-0.4, -0.2) is 39.0 Å². The Balaban J connectivity index is 3.04. The molecule has 0 radical (unpaired) electrons. The zero-order chi connectivity index (χ0) is 14.3. The van der Waals surface area contributed by atoms with Crippen molar-refractivity contribution >= 4 is 5.97 Å². The van der Waals surface area contributed by atoms with Crippen molar-refractivity contribution in [2.45, 2.75) is 5.92 Å². The maximum absolute atomic E-state index is 11.1. The van der Waals surface area contributed by atoms with E-state index in [1.54, 1.807) is 31.4 Å².